The smallest absolute Gasteiger partial charge is 0.329 e. The molecule has 57 heavy (non-hydrogen) atoms. The number of benzene rings is 2. The van der Waals surface area contributed by atoms with Crippen LogP contribution in [0, 0.1) is 24.5 Å². The first-order chi connectivity index (χ1) is 27.0. The summed E-state index contributed by atoms with van der Waals surface area (Å²) in [5.74, 6) is -6.54. The van der Waals surface area contributed by atoms with E-state index in [1.165, 1.54) is 30.7 Å². The zero-order valence-corrected chi connectivity index (χ0v) is 32.6. The van der Waals surface area contributed by atoms with Gasteiger partial charge in [0.15, 0.2) is 0 Å². The first-order valence-corrected chi connectivity index (χ1v) is 18.9. The Morgan fingerprint density at radius 3 is 2.26 bits per heavy atom. The van der Waals surface area contributed by atoms with E-state index in [9.17, 15) is 42.3 Å². The zero-order valence-electron chi connectivity index (χ0n) is 32.6. The first kappa shape index (κ1) is 42.5. The number of nitrogens with two attached hydrogens (primary N) is 1. The van der Waals surface area contributed by atoms with Crippen molar-refractivity contribution in [2.45, 2.75) is 95.7 Å². The van der Waals surface area contributed by atoms with Crippen molar-refractivity contribution >= 4 is 47.2 Å². The summed E-state index contributed by atoms with van der Waals surface area (Å²) in [6.45, 7) is 6.45. The number of likely N-dealkylation sites (N-methyl/N-ethyl adjacent to an activating group) is 1. The first-order valence-electron chi connectivity index (χ1n) is 18.9. The molecule has 0 unspecified atom stereocenters. The SMILES string of the molecule is Cc1ccc(NC(=O)N[C@@H](Cc2cc(F)cc(F)c2)C(=O)N[C@@H]2C(=O)N3CCC[C@H]3C(=O)N(C)[C@@H](CN)C(=O)N[C@@H](C)C(=O)N3C[C@@H](C)C[C@H]3C(=O)O[C@H]2C)cc1. The summed E-state index contributed by atoms with van der Waals surface area (Å²) in [6, 6.07) is 0.857. The Hall–Kier alpha value is -5.65. The number of nitrogens with zero attached hydrogens (tertiary/aromatic N) is 3. The van der Waals surface area contributed by atoms with E-state index in [0.29, 0.717) is 18.2 Å². The molecule has 6 N–H and O–H groups in total. The van der Waals surface area contributed by atoms with Crippen molar-refractivity contribution in [3.05, 3.63) is 65.2 Å². The molecule has 7 amide bonds. The number of fused-ring (bicyclic) bond motifs is 2. The maximum Gasteiger partial charge on any atom is 0.329 e. The van der Waals surface area contributed by atoms with Gasteiger partial charge in [0, 0.05) is 44.9 Å². The molecule has 0 radical (unpaired) electrons. The molecule has 0 saturated carbocycles. The number of ether oxygens (including phenoxy) is 1. The van der Waals surface area contributed by atoms with E-state index < -0.39 is 102 Å². The highest BCUT2D eigenvalue weighted by Crippen LogP contribution is 2.27. The largest absolute Gasteiger partial charge is 0.458 e. The summed E-state index contributed by atoms with van der Waals surface area (Å²) >= 11 is 0. The quantitative estimate of drug-likeness (QED) is 0.252. The molecule has 3 aliphatic heterocycles. The molecule has 8 atom stereocenters. The van der Waals surface area contributed by atoms with Crippen molar-refractivity contribution in [3.63, 3.8) is 0 Å². The number of rotatable bonds is 7. The molecule has 0 bridgehead atoms. The predicted octanol–water partition coefficient (Wildman–Crippen LogP) is 0.955. The number of nitrogens with one attached hydrogen (secondary N) is 4. The van der Waals surface area contributed by atoms with E-state index >= 15 is 0 Å². The third kappa shape index (κ3) is 10.0. The van der Waals surface area contributed by atoms with Gasteiger partial charge < -0.3 is 46.4 Å². The third-order valence-electron chi connectivity index (χ3n) is 10.6. The summed E-state index contributed by atoms with van der Waals surface area (Å²) in [7, 11) is 1.37. The number of carbonyl (C=O) groups excluding carboxylic acids is 7. The lowest BCUT2D eigenvalue weighted by atomic mass is 10.0. The van der Waals surface area contributed by atoms with Crippen molar-refractivity contribution in [3.8, 4) is 0 Å². The minimum Gasteiger partial charge on any atom is -0.458 e. The number of halogens is 2. The molecule has 5 rings (SSSR count). The van der Waals surface area contributed by atoms with Crippen LogP contribution >= 0.6 is 0 Å². The standard InChI is InChI=1S/C39H50F2N8O8/c1-20-8-10-27(11-9-20)44-39(56)45-28(16-24-14-25(40)17-26(41)15-24)33(50)46-32-23(4)57-38(55)30-13-21(2)19-49(30)35(52)22(3)43-34(51)31(18-42)47(5)36(53)29-7-6-12-48(29)37(32)54/h8-11,14-15,17,21-23,28-32H,6-7,12-13,16,18-19,42H2,1-5H3,(H,43,51)(H,46,50)(H2,44,45,56)/t21-,22-,23-,28-,29-,30-,31-,32-/m0/s1. The van der Waals surface area contributed by atoms with Crippen LogP contribution in [0.25, 0.3) is 0 Å². The van der Waals surface area contributed by atoms with Gasteiger partial charge in [-0.05, 0) is 75.8 Å². The molecule has 16 nitrogen and oxygen atoms in total. The Kier molecular flexibility index (Phi) is 13.5. The van der Waals surface area contributed by atoms with Gasteiger partial charge in [-0.1, -0.05) is 24.6 Å². The van der Waals surface area contributed by atoms with Crippen molar-refractivity contribution in [2.24, 2.45) is 11.7 Å². The number of cyclic esters (lactones) is 1. The summed E-state index contributed by atoms with van der Waals surface area (Å²) in [6.07, 6.45) is -1.04. The van der Waals surface area contributed by atoms with Crippen LogP contribution in [0.15, 0.2) is 42.5 Å². The van der Waals surface area contributed by atoms with Crippen LogP contribution in [0.2, 0.25) is 0 Å². The van der Waals surface area contributed by atoms with E-state index in [0.717, 1.165) is 22.6 Å². The molecule has 3 aliphatic rings. The van der Waals surface area contributed by atoms with Crippen LogP contribution in [-0.4, -0.2) is 125 Å². The van der Waals surface area contributed by atoms with E-state index in [-0.39, 0.29) is 44.0 Å². The lowest BCUT2D eigenvalue weighted by Gasteiger charge is -2.36. The Morgan fingerprint density at radius 1 is 0.947 bits per heavy atom. The molecule has 308 valence electrons. The number of hydrogen-bond acceptors (Lipinski definition) is 9. The number of hydrogen-bond donors (Lipinski definition) is 5. The third-order valence-corrected chi connectivity index (χ3v) is 10.6. The van der Waals surface area contributed by atoms with Gasteiger partial charge in [-0.15, -0.1) is 0 Å². The lowest BCUT2D eigenvalue weighted by Crippen LogP contribution is -2.63. The minimum absolute atomic E-state index is 0.00755. The fourth-order valence-corrected chi connectivity index (χ4v) is 7.53. The highest BCUT2D eigenvalue weighted by molar-refractivity contribution is 5.98. The van der Waals surface area contributed by atoms with E-state index in [4.69, 9.17) is 10.5 Å². The minimum atomic E-state index is -1.66. The highest BCUT2D eigenvalue weighted by Gasteiger charge is 2.46. The molecule has 3 saturated heterocycles. The van der Waals surface area contributed by atoms with Gasteiger partial charge in [-0.2, -0.15) is 0 Å². The van der Waals surface area contributed by atoms with Gasteiger partial charge in [-0.3, -0.25) is 24.0 Å². The van der Waals surface area contributed by atoms with Gasteiger partial charge in [0.2, 0.25) is 29.5 Å². The average molecular weight is 797 g/mol. The molecule has 0 spiro atoms. The number of amides is 7. The van der Waals surface area contributed by atoms with Gasteiger partial charge in [-0.25, -0.2) is 18.4 Å². The average Bonchev–Trinajstić information content (AvgIpc) is 3.80. The van der Waals surface area contributed by atoms with Crippen LogP contribution in [-0.2, 0) is 39.9 Å². The Labute approximate surface area is 329 Å². The highest BCUT2D eigenvalue weighted by atomic mass is 19.1. The normalized spacial score (nSPS) is 26.6. The molecule has 18 heteroatoms. The number of esters is 1. The number of anilines is 1. The molecule has 0 aromatic heterocycles. The van der Waals surface area contributed by atoms with Crippen LogP contribution in [0.1, 0.15) is 51.2 Å². The predicted molar refractivity (Wildman–Crippen MR) is 202 cm³/mol. The molecule has 3 heterocycles. The summed E-state index contributed by atoms with van der Waals surface area (Å²) in [4.78, 5) is 101. The zero-order chi connectivity index (χ0) is 41.7. The van der Waals surface area contributed by atoms with Crippen molar-refractivity contribution in [1.82, 2.24) is 30.7 Å². The number of carbonyl (C=O) groups is 7. The topological polar surface area (TPSA) is 213 Å². The number of urea groups is 1. The van der Waals surface area contributed by atoms with Crippen molar-refractivity contribution in [2.75, 3.05) is 32.0 Å². The second-order valence-electron chi connectivity index (χ2n) is 15.1. The second-order valence-corrected chi connectivity index (χ2v) is 15.1. The van der Waals surface area contributed by atoms with Crippen LogP contribution in [0.5, 0.6) is 0 Å². The molecule has 2 aromatic carbocycles. The molecule has 3 fully saturated rings. The maximum atomic E-state index is 14.6. The van der Waals surface area contributed by atoms with E-state index in [2.05, 4.69) is 21.3 Å². The van der Waals surface area contributed by atoms with Crippen LogP contribution < -0.4 is 27.0 Å². The fraction of sp³-hybridized carbons (Fsp3) is 0.513. The van der Waals surface area contributed by atoms with Crippen LogP contribution in [0.4, 0.5) is 19.3 Å². The van der Waals surface area contributed by atoms with Gasteiger partial charge >= 0.3 is 12.0 Å². The van der Waals surface area contributed by atoms with Gasteiger partial charge in [0.1, 0.15) is 54.0 Å². The van der Waals surface area contributed by atoms with Gasteiger partial charge in [0.25, 0.3) is 0 Å². The summed E-state index contributed by atoms with van der Waals surface area (Å²) < 4.78 is 34.4. The van der Waals surface area contributed by atoms with Crippen LogP contribution in [0.3, 0.4) is 0 Å². The monoisotopic (exact) mass is 796 g/mol. The molecule has 2 aromatic rings. The van der Waals surface area contributed by atoms with Crippen molar-refractivity contribution in [1.29, 1.82) is 0 Å². The molecule has 0 aliphatic carbocycles. The summed E-state index contributed by atoms with van der Waals surface area (Å²) in [5, 5.41) is 10.3. The lowest BCUT2D eigenvalue weighted by molar-refractivity contribution is -0.162. The second kappa shape index (κ2) is 18.1. The summed E-state index contributed by atoms with van der Waals surface area (Å²) in [5.41, 5.74) is 7.28. The fourth-order valence-electron chi connectivity index (χ4n) is 7.53. The number of aryl methyl sites for hydroxylation is 1. The Morgan fingerprint density at radius 2 is 1.61 bits per heavy atom. The Balaban J connectivity index is 1.50. The van der Waals surface area contributed by atoms with Crippen molar-refractivity contribution < 1.29 is 47.1 Å². The molecular formula is C39H50F2N8O8. The maximum absolute atomic E-state index is 14.6. The van der Waals surface area contributed by atoms with E-state index in [1.807, 2.05) is 13.8 Å². The molecular weight excluding hydrogens is 746 g/mol. The Bertz CT molecular complexity index is 1860. The van der Waals surface area contributed by atoms with E-state index in [1.54, 1.807) is 24.3 Å². The van der Waals surface area contributed by atoms with Gasteiger partial charge in [0.05, 0.1) is 0 Å².